The summed E-state index contributed by atoms with van der Waals surface area (Å²) in [7, 11) is -3.14. The van der Waals surface area contributed by atoms with Crippen LogP contribution in [-0.2, 0) is 16.6 Å². The van der Waals surface area contributed by atoms with Gasteiger partial charge >= 0.3 is 0 Å². The second kappa shape index (κ2) is 7.25. The smallest absolute Gasteiger partial charge is 0.232 e. The fraction of sp³-hybridized carbons (Fsp3) is 0.588. The van der Waals surface area contributed by atoms with Crippen LogP contribution in [0.25, 0.3) is 0 Å². The van der Waals surface area contributed by atoms with Gasteiger partial charge in [-0.05, 0) is 18.9 Å². The maximum absolute atomic E-state index is 13.7. The average Bonchev–Trinajstić information content (AvgIpc) is 3.08. The number of pyridine rings is 1. The normalized spacial score (nSPS) is 20.7. The quantitative estimate of drug-likeness (QED) is 0.754. The third kappa shape index (κ3) is 4.02. The van der Waals surface area contributed by atoms with Gasteiger partial charge in [-0.2, -0.15) is 4.98 Å². The Morgan fingerprint density at radius 2 is 2.00 bits per heavy atom. The van der Waals surface area contributed by atoms with E-state index in [1.54, 1.807) is 12.3 Å². The van der Waals surface area contributed by atoms with E-state index in [1.165, 1.54) is 16.8 Å². The Labute approximate surface area is 157 Å². The fourth-order valence-electron chi connectivity index (χ4n) is 3.65. The van der Waals surface area contributed by atoms with Crippen LogP contribution in [0.5, 0.6) is 0 Å². The molecule has 2 aromatic rings. The maximum atomic E-state index is 13.7. The molecule has 4 heterocycles. The van der Waals surface area contributed by atoms with Gasteiger partial charge in [0.1, 0.15) is 5.82 Å². The van der Waals surface area contributed by atoms with E-state index in [9.17, 15) is 12.8 Å². The van der Waals surface area contributed by atoms with Crippen molar-refractivity contribution in [2.45, 2.75) is 31.2 Å². The molecule has 0 unspecified atom stereocenters. The number of halogens is 1. The molecule has 10 heteroatoms. The van der Waals surface area contributed by atoms with Crippen molar-refractivity contribution in [3.63, 3.8) is 0 Å². The lowest BCUT2D eigenvalue weighted by Gasteiger charge is -2.37. The molecule has 2 aliphatic rings. The molecule has 0 aliphatic carbocycles. The topological polar surface area (TPSA) is 92.4 Å². The lowest BCUT2D eigenvalue weighted by atomic mass is 9.97. The molecular formula is C17H22FN5O3S. The van der Waals surface area contributed by atoms with Gasteiger partial charge in [-0.15, -0.1) is 0 Å². The molecule has 2 aromatic heterocycles. The van der Waals surface area contributed by atoms with Crippen LogP contribution in [0.2, 0.25) is 0 Å². The van der Waals surface area contributed by atoms with Crippen LogP contribution in [0.4, 0.5) is 4.39 Å². The zero-order valence-corrected chi connectivity index (χ0v) is 15.9. The Kier molecular flexibility index (Phi) is 4.95. The monoisotopic (exact) mass is 395 g/mol. The van der Waals surface area contributed by atoms with E-state index in [0.717, 1.165) is 13.1 Å². The second-order valence-electron chi connectivity index (χ2n) is 7.29. The van der Waals surface area contributed by atoms with Crippen LogP contribution in [0, 0.1) is 5.82 Å². The van der Waals surface area contributed by atoms with Gasteiger partial charge in [0.15, 0.2) is 5.82 Å². The van der Waals surface area contributed by atoms with Gasteiger partial charge in [-0.25, -0.2) is 17.1 Å². The molecule has 0 saturated carbocycles. The van der Waals surface area contributed by atoms with Crippen LogP contribution >= 0.6 is 0 Å². The van der Waals surface area contributed by atoms with E-state index in [4.69, 9.17) is 4.52 Å². The van der Waals surface area contributed by atoms with Gasteiger partial charge in [0.05, 0.1) is 18.4 Å². The number of nitrogens with zero attached hydrogens (tertiary/aromatic N) is 5. The van der Waals surface area contributed by atoms with Crippen LogP contribution in [0.3, 0.4) is 0 Å². The van der Waals surface area contributed by atoms with Crippen molar-refractivity contribution in [3.05, 3.63) is 41.6 Å². The molecule has 0 aromatic carbocycles. The molecule has 2 fully saturated rings. The predicted molar refractivity (Wildman–Crippen MR) is 94.9 cm³/mol. The highest BCUT2D eigenvalue weighted by Gasteiger charge is 2.34. The minimum atomic E-state index is -3.14. The molecule has 0 atom stereocenters. The van der Waals surface area contributed by atoms with Crippen LogP contribution < -0.4 is 0 Å². The van der Waals surface area contributed by atoms with Crippen molar-refractivity contribution in [3.8, 4) is 0 Å². The third-order valence-electron chi connectivity index (χ3n) is 5.30. The SMILES string of the molecule is CS(=O)(=O)N1CCC(c2noc(C3CN(Cc4ccncc4F)C3)n2)CC1. The molecule has 146 valence electrons. The summed E-state index contributed by atoms with van der Waals surface area (Å²) < 4.78 is 43.8. The summed E-state index contributed by atoms with van der Waals surface area (Å²) in [5, 5.41) is 4.11. The first kappa shape index (κ1) is 18.5. The number of rotatable bonds is 5. The molecule has 0 N–H and O–H groups in total. The van der Waals surface area contributed by atoms with Crippen LogP contribution in [0.1, 0.15) is 42.0 Å². The minimum Gasteiger partial charge on any atom is -0.339 e. The molecule has 0 radical (unpaired) electrons. The molecule has 0 amide bonds. The van der Waals surface area contributed by atoms with E-state index in [1.807, 2.05) is 0 Å². The number of hydrogen-bond donors (Lipinski definition) is 0. The van der Waals surface area contributed by atoms with Gasteiger partial charge in [-0.1, -0.05) is 5.16 Å². The lowest BCUT2D eigenvalue weighted by molar-refractivity contribution is 0.116. The first-order valence-corrected chi connectivity index (χ1v) is 10.8. The highest BCUT2D eigenvalue weighted by Crippen LogP contribution is 2.31. The first-order valence-electron chi connectivity index (χ1n) is 8.99. The van der Waals surface area contributed by atoms with Crippen molar-refractivity contribution in [1.82, 2.24) is 24.3 Å². The van der Waals surface area contributed by atoms with Crippen molar-refractivity contribution < 1.29 is 17.3 Å². The lowest BCUT2D eigenvalue weighted by Crippen LogP contribution is -2.44. The van der Waals surface area contributed by atoms with E-state index in [0.29, 0.717) is 49.8 Å². The minimum absolute atomic E-state index is 0.127. The standard InChI is InChI=1S/C17H22FN5O3S/c1-27(24,25)23-6-3-12(4-7-23)16-20-17(26-21-16)14-10-22(11-14)9-13-2-5-19-8-15(13)18/h2,5,8,12,14H,3-4,6-7,9-11H2,1H3. The van der Waals surface area contributed by atoms with E-state index in [-0.39, 0.29) is 17.7 Å². The molecule has 2 aliphatic heterocycles. The summed E-state index contributed by atoms with van der Waals surface area (Å²) >= 11 is 0. The highest BCUT2D eigenvalue weighted by atomic mass is 32.2. The Bertz CT molecular complexity index is 905. The number of sulfonamides is 1. The van der Waals surface area contributed by atoms with Crippen LogP contribution in [0.15, 0.2) is 23.0 Å². The number of hydrogen-bond acceptors (Lipinski definition) is 7. The third-order valence-corrected chi connectivity index (χ3v) is 6.61. The van der Waals surface area contributed by atoms with Gasteiger partial charge in [0, 0.05) is 50.4 Å². The maximum Gasteiger partial charge on any atom is 0.232 e. The Morgan fingerprint density at radius 3 is 2.67 bits per heavy atom. The first-order chi connectivity index (χ1) is 12.9. The molecule has 4 rings (SSSR count). The largest absolute Gasteiger partial charge is 0.339 e. The zero-order valence-electron chi connectivity index (χ0n) is 15.1. The average molecular weight is 395 g/mol. The fourth-order valence-corrected chi connectivity index (χ4v) is 4.53. The van der Waals surface area contributed by atoms with Crippen molar-refractivity contribution >= 4 is 10.0 Å². The Morgan fingerprint density at radius 1 is 1.26 bits per heavy atom. The molecule has 2 saturated heterocycles. The van der Waals surface area contributed by atoms with Gasteiger partial charge in [0.2, 0.25) is 15.9 Å². The predicted octanol–water partition coefficient (Wildman–Crippen LogP) is 1.34. The van der Waals surface area contributed by atoms with Crippen molar-refractivity contribution in [2.24, 2.45) is 0 Å². The van der Waals surface area contributed by atoms with Crippen LogP contribution in [-0.4, -0.2) is 65.2 Å². The Balaban J connectivity index is 1.30. The number of likely N-dealkylation sites (tertiary alicyclic amines) is 1. The zero-order chi connectivity index (χ0) is 19.0. The van der Waals surface area contributed by atoms with Gasteiger partial charge in [-0.3, -0.25) is 9.88 Å². The summed E-state index contributed by atoms with van der Waals surface area (Å²) in [4.78, 5) is 10.4. The van der Waals surface area contributed by atoms with E-state index in [2.05, 4.69) is 20.0 Å². The summed E-state index contributed by atoms with van der Waals surface area (Å²) in [6.45, 7) is 3.01. The number of aromatic nitrogens is 3. The van der Waals surface area contributed by atoms with Gasteiger partial charge in [0.25, 0.3) is 0 Å². The summed E-state index contributed by atoms with van der Waals surface area (Å²) in [6, 6.07) is 1.69. The summed E-state index contributed by atoms with van der Waals surface area (Å²) in [5.74, 6) is 1.27. The van der Waals surface area contributed by atoms with E-state index < -0.39 is 10.0 Å². The van der Waals surface area contributed by atoms with E-state index >= 15 is 0 Å². The molecule has 27 heavy (non-hydrogen) atoms. The Hall–Kier alpha value is -1.91. The highest BCUT2D eigenvalue weighted by molar-refractivity contribution is 7.88. The number of piperidine rings is 1. The van der Waals surface area contributed by atoms with Gasteiger partial charge < -0.3 is 4.52 Å². The van der Waals surface area contributed by atoms with Crippen molar-refractivity contribution in [1.29, 1.82) is 0 Å². The summed E-state index contributed by atoms with van der Waals surface area (Å²) in [5.41, 5.74) is 0.632. The molecular weight excluding hydrogens is 373 g/mol. The molecule has 0 spiro atoms. The summed E-state index contributed by atoms with van der Waals surface area (Å²) in [6.07, 6.45) is 5.45. The molecule has 8 nitrogen and oxygen atoms in total. The van der Waals surface area contributed by atoms with Crippen molar-refractivity contribution in [2.75, 3.05) is 32.4 Å². The second-order valence-corrected chi connectivity index (χ2v) is 9.27. The molecule has 0 bridgehead atoms.